The molecule has 0 aliphatic carbocycles. The van der Waals surface area contributed by atoms with Crippen molar-refractivity contribution in [1.82, 2.24) is 15.5 Å². The van der Waals surface area contributed by atoms with E-state index in [4.69, 9.17) is 9.47 Å². The van der Waals surface area contributed by atoms with E-state index in [1.165, 1.54) is 12.8 Å². The summed E-state index contributed by atoms with van der Waals surface area (Å²) in [4.78, 5) is 2.35. The fourth-order valence-corrected chi connectivity index (χ4v) is 3.56. The van der Waals surface area contributed by atoms with Crippen LogP contribution in [0.4, 0.5) is 5.82 Å². The molecule has 4 rings (SSSR count). The van der Waals surface area contributed by atoms with Gasteiger partial charge in [-0.15, -0.1) is 5.10 Å². The minimum absolute atomic E-state index is 0.455. The Hall–Kier alpha value is -2.34. The average molecular weight is 340 g/mol. The van der Waals surface area contributed by atoms with Gasteiger partial charge in [0.05, 0.1) is 13.2 Å². The van der Waals surface area contributed by atoms with Crippen LogP contribution in [0.5, 0.6) is 11.5 Å². The molecule has 1 aromatic heterocycles. The van der Waals surface area contributed by atoms with E-state index in [2.05, 4.69) is 26.5 Å². The van der Waals surface area contributed by atoms with Crippen LogP contribution in [0.1, 0.15) is 24.8 Å². The highest BCUT2D eigenvalue weighted by Crippen LogP contribution is 2.33. The molecular weight excluding hydrogens is 316 g/mol. The molecular formula is C19H24N4O2. The summed E-state index contributed by atoms with van der Waals surface area (Å²) in [6.45, 7) is 4.17. The maximum absolute atomic E-state index is 5.90. The Kier molecular flexibility index (Phi) is 4.97. The van der Waals surface area contributed by atoms with E-state index in [9.17, 15) is 0 Å². The number of para-hydroxylation sites is 1. The monoisotopic (exact) mass is 340 g/mol. The first-order valence-corrected chi connectivity index (χ1v) is 9.04. The first kappa shape index (κ1) is 16.1. The van der Waals surface area contributed by atoms with Gasteiger partial charge in [-0.1, -0.05) is 12.1 Å². The molecule has 1 atom stereocenters. The first-order chi connectivity index (χ1) is 12.4. The molecule has 6 nitrogen and oxygen atoms in total. The molecule has 2 aliphatic heterocycles. The maximum atomic E-state index is 5.90. The molecule has 132 valence electrons. The Bertz CT molecular complexity index is 695. The predicted molar refractivity (Wildman–Crippen MR) is 96.2 cm³/mol. The number of benzene rings is 1. The Morgan fingerprint density at radius 3 is 3.00 bits per heavy atom. The number of nitrogens with one attached hydrogen (secondary N) is 1. The topological polar surface area (TPSA) is 59.5 Å². The van der Waals surface area contributed by atoms with Crippen LogP contribution in [0.2, 0.25) is 0 Å². The van der Waals surface area contributed by atoms with E-state index in [1.807, 2.05) is 24.3 Å². The third-order valence-electron chi connectivity index (χ3n) is 4.78. The second kappa shape index (κ2) is 7.70. The zero-order chi connectivity index (χ0) is 16.9. The molecule has 0 spiro atoms. The molecule has 25 heavy (non-hydrogen) atoms. The highest BCUT2D eigenvalue weighted by atomic mass is 16.5. The van der Waals surface area contributed by atoms with Gasteiger partial charge in [0, 0.05) is 43.9 Å². The van der Waals surface area contributed by atoms with Crippen LogP contribution in [0.25, 0.3) is 0 Å². The molecule has 1 fully saturated rings. The van der Waals surface area contributed by atoms with Gasteiger partial charge in [0.1, 0.15) is 0 Å². The Labute approximate surface area is 148 Å². The van der Waals surface area contributed by atoms with Crippen molar-refractivity contribution >= 4 is 5.82 Å². The van der Waals surface area contributed by atoms with E-state index in [1.54, 1.807) is 6.20 Å². The number of anilines is 1. The number of nitrogens with zero attached hydrogens (tertiary/aromatic N) is 3. The summed E-state index contributed by atoms with van der Waals surface area (Å²) in [6, 6.07) is 10.6. The predicted octanol–water partition coefficient (Wildman–Crippen LogP) is 2.40. The highest BCUT2D eigenvalue weighted by molar-refractivity contribution is 5.47. The molecule has 0 amide bonds. The summed E-state index contributed by atoms with van der Waals surface area (Å²) < 4.78 is 11.7. The molecule has 6 heteroatoms. The average Bonchev–Trinajstić information content (AvgIpc) is 2.98. The Morgan fingerprint density at radius 1 is 1.12 bits per heavy atom. The van der Waals surface area contributed by atoms with Gasteiger partial charge in [-0.3, -0.25) is 0 Å². The van der Waals surface area contributed by atoms with Gasteiger partial charge in [-0.05, 0) is 31.0 Å². The molecule has 0 bridgehead atoms. The molecule has 1 N–H and O–H groups in total. The lowest BCUT2D eigenvalue weighted by molar-refractivity contribution is 0.296. The van der Waals surface area contributed by atoms with Crippen LogP contribution in [-0.4, -0.2) is 42.5 Å². The quantitative estimate of drug-likeness (QED) is 0.902. The fourth-order valence-electron chi connectivity index (χ4n) is 3.56. The van der Waals surface area contributed by atoms with Crippen molar-refractivity contribution < 1.29 is 9.47 Å². The fraction of sp³-hybridized carbons (Fsp3) is 0.474. The van der Waals surface area contributed by atoms with Crippen LogP contribution < -0.4 is 19.7 Å². The van der Waals surface area contributed by atoms with E-state index in [0.717, 1.165) is 55.5 Å². The third-order valence-corrected chi connectivity index (χ3v) is 4.78. The molecule has 3 heterocycles. The van der Waals surface area contributed by atoms with Crippen molar-refractivity contribution in [2.75, 3.05) is 31.2 Å². The van der Waals surface area contributed by atoms with Crippen LogP contribution >= 0.6 is 0 Å². The van der Waals surface area contributed by atoms with Gasteiger partial charge >= 0.3 is 0 Å². The molecule has 2 aliphatic rings. The zero-order valence-electron chi connectivity index (χ0n) is 14.4. The van der Waals surface area contributed by atoms with Gasteiger partial charge in [0.25, 0.3) is 0 Å². The number of ether oxygens (including phenoxy) is 2. The number of aromatic nitrogens is 2. The van der Waals surface area contributed by atoms with Crippen molar-refractivity contribution in [2.45, 2.75) is 31.8 Å². The zero-order valence-corrected chi connectivity index (χ0v) is 14.4. The molecule has 0 saturated carbocycles. The van der Waals surface area contributed by atoms with Crippen molar-refractivity contribution in [3.05, 3.63) is 42.1 Å². The van der Waals surface area contributed by atoms with Crippen LogP contribution in [-0.2, 0) is 6.54 Å². The van der Waals surface area contributed by atoms with Crippen LogP contribution in [0.15, 0.2) is 36.5 Å². The van der Waals surface area contributed by atoms with E-state index >= 15 is 0 Å². The van der Waals surface area contributed by atoms with Gasteiger partial charge in [0.2, 0.25) is 0 Å². The first-order valence-electron chi connectivity index (χ1n) is 9.04. The van der Waals surface area contributed by atoms with Crippen molar-refractivity contribution in [1.29, 1.82) is 0 Å². The normalized spacial score (nSPS) is 19.7. The summed E-state index contributed by atoms with van der Waals surface area (Å²) in [5, 5.41) is 11.9. The summed E-state index contributed by atoms with van der Waals surface area (Å²) in [5.74, 6) is 2.72. The number of hydrogen-bond acceptors (Lipinski definition) is 6. The number of rotatable bonds is 5. The molecule has 2 aromatic rings. The SMILES string of the molecule is c1cnnc(N2CCC[C@H]2CNCc2cccc3c2OCCCO3)c1. The second-order valence-corrected chi connectivity index (χ2v) is 6.50. The van der Waals surface area contributed by atoms with Gasteiger partial charge in [0.15, 0.2) is 17.3 Å². The van der Waals surface area contributed by atoms with Crippen molar-refractivity contribution in [2.24, 2.45) is 0 Å². The highest BCUT2D eigenvalue weighted by Gasteiger charge is 2.25. The number of hydrogen-bond donors (Lipinski definition) is 1. The smallest absolute Gasteiger partial charge is 0.165 e. The lowest BCUT2D eigenvalue weighted by Gasteiger charge is -2.25. The van der Waals surface area contributed by atoms with E-state index in [0.29, 0.717) is 12.6 Å². The molecule has 1 aromatic carbocycles. The van der Waals surface area contributed by atoms with Crippen molar-refractivity contribution in [3.8, 4) is 11.5 Å². The van der Waals surface area contributed by atoms with Gasteiger partial charge in [-0.2, -0.15) is 5.10 Å². The molecule has 0 unspecified atom stereocenters. The molecule has 1 saturated heterocycles. The number of fused-ring (bicyclic) bond motifs is 1. The van der Waals surface area contributed by atoms with Crippen LogP contribution in [0.3, 0.4) is 0 Å². The standard InChI is InChI=1S/C19H24N4O2/c1-5-15(19-17(7-1)24-11-4-12-25-19)13-20-14-16-6-3-10-23(16)18-8-2-9-21-22-18/h1-2,5,7-9,16,20H,3-4,6,10-14H2/t16-/m0/s1. The lowest BCUT2D eigenvalue weighted by atomic mass is 10.1. The Morgan fingerprint density at radius 2 is 2.08 bits per heavy atom. The van der Waals surface area contributed by atoms with Crippen LogP contribution in [0, 0.1) is 0 Å². The van der Waals surface area contributed by atoms with Gasteiger partial charge < -0.3 is 19.7 Å². The summed E-state index contributed by atoms with van der Waals surface area (Å²) in [6.07, 6.45) is 5.02. The van der Waals surface area contributed by atoms with Crippen molar-refractivity contribution in [3.63, 3.8) is 0 Å². The van der Waals surface area contributed by atoms with E-state index in [-0.39, 0.29) is 0 Å². The van der Waals surface area contributed by atoms with Gasteiger partial charge in [-0.25, -0.2) is 0 Å². The summed E-state index contributed by atoms with van der Waals surface area (Å²) >= 11 is 0. The molecule has 0 radical (unpaired) electrons. The Balaban J connectivity index is 1.38. The maximum Gasteiger partial charge on any atom is 0.165 e. The minimum atomic E-state index is 0.455. The summed E-state index contributed by atoms with van der Waals surface area (Å²) in [7, 11) is 0. The summed E-state index contributed by atoms with van der Waals surface area (Å²) in [5.41, 5.74) is 1.16. The lowest BCUT2D eigenvalue weighted by Crippen LogP contribution is -2.38. The largest absolute Gasteiger partial charge is 0.490 e. The van der Waals surface area contributed by atoms with E-state index < -0.39 is 0 Å². The minimum Gasteiger partial charge on any atom is -0.490 e. The third kappa shape index (κ3) is 3.69. The second-order valence-electron chi connectivity index (χ2n) is 6.50.